The largest absolute Gasteiger partial charge is 0.337 e. The first-order chi connectivity index (χ1) is 11.0. The molecule has 3 heterocycles. The molecule has 2 unspecified atom stereocenters. The maximum atomic E-state index is 4.50. The van der Waals surface area contributed by atoms with E-state index in [1.54, 1.807) is 0 Å². The Hall–Kier alpha value is -0.910. The van der Waals surface area contributed by atoms with Crippen molar-refractivity contribution in [1.82, 2.24) is 24.3 Å². The maximum absolute atomic E-state index is 4.50. The second-order valence-electron chi connectivity index (χ2n) is 8.00. The van der Waals surface area contributed by atoms with Gasteiger partial charge in [0.05, 0.1) is 6.54 Å². The van der Waals surface area contributed by atoms with Crippen LogP contribution >= 0.6 is 0 Å². The van der Waals surface area contributed by atoms with Crippen molar-refractivity contribution in [1.29, 1.82) is 0 Å². The van der Waals surface area contributed by atoms with Crippen molar-refractivity contribution in [3.63, 3.8) is 0 Å². The summed E-state index contributed by atoms with van der Waals surface area (Å²) in [7, 11) is 6.50. The van der Waals surface area contributed by atoms with Crippen LogP contribution in [0.4, 0.5) is 0 Å². The topological polar surface area (TPSA) is 27.5 Å². The van der Waals surface area contributed by atoms with E-state index in [4.69, 9.17) is 0 Å². The van der Waals surface area contributed by atoms with Crippen molar-refractivity contribution < 1.29 is 0 Å². The van der Waals surface area contributed by atoms with Crippen LogP contribution in [-0.4, -0.2) is 76.1 Å². The van der Waals surface area contributed by atoms with Gasteiger partial charge in [0.2, 0.25) is 0 Å². The lowest BCUT2D eigenvalue weighted by Gasteiger charge is -2.40. The SMILES string of the molecule is CC(C)N1C2CCN(Cc3nccn3C)CC2C[C@H]1CN(C)C. The van der Waals surface area contributed by atoms with E-state index in [0.29, 0.717) is 12.1 Å². The molecule has 0 radical (unpaired) electrons. The van der Waals surface area contributed by atoms with E-state index in [-0.39, 0.29) is 0 Å². The van der Waals surface area contributed by atoms with Gasteiger partial charge in [-0.3, -0.25) is 9.80 Å². The first-order valence-electron chi connectivity index (χ1n) is 9.06. The summed E-state index contributed by atoms with van der Waals surface area (Å²) in [5.41, 5.74) is 0. The Morgan fingerprint density at radius 2 is 2.13 bits per heavy atom. The van der Waals surface area contributed by atoms with Crippen molar-refractivity contribution in [2.45, 2.75) is 51.4 Å². The van der Waals surface area contributed by atoms with Gasteiger partial charge < -0.3 is 9.47 Å². The van der Waals surface area contributed by atoms with Crippen LogP contribution in [0.2, 0.25) is 0 Å². The molecule has 2 fully saturated rings. The minimum Gasteiger partial charge on any atom is -0.337 e. The number of rotatable bonds is 5. The highest BCUT2D eigenvalue weighted by Gasteiger charge is 2.44. The number of nitrogens with zero attached hydrogens (tertiary/aromatic N) is 5. The summed E-state index contributed by atoms with van der Waals surface area (Å²) < 4.78 is 2.15. The van der Waals surface area contributed by atoms with Gasteiger partial charge in [-0.15, -0.1) is 0 Å². The Morgan fingerprint density at radius 1 is 1.35 bits per heavy atom. The number of hydrogen-bond donors (Lipinski definition) is 0. The molecule has 1 aromatic heterocycles. The number of aryl methyl sites for hydroxylation is 1. The number of hydrogen-bond acceptors (Lipinski definition) is 4. The molecule has 5 heteroatoms. The molecule has 130 valence electrons. The van der Waals surface area contributed by atoms with Crippen LogP contribution in [0.1, 0.15) is 32.5 Å². The molecule has 0 saturated carbocycles. The van der Waals surface area contributed by atoms with Crippen LogP contribution in [0.15, 0.2) is 12.4 Å². The lowest BCUT2D eigenvalue weighted by atomic mass is 9.92. The first-order valence-corrected chi connectivity index (χ1v) is 9.06. The second kappa shape index (κ2) is 6.91. The molecule has 3 rings (SSSR count). The molecule has 0 bridgehead atoms. The summed E-state index contributed by atoms with van der Waals surface area (Å²) in [6, 6.07) is 2.14. The number of likely N-dealkylation sites (N-methyl/N-ethyl adjacent to an activating group) is 1. The predicted molar refractivity (Wildman–Crippen MR) is 94.3 cm³/mol. The first kappa shape index (κ1) is 16.9. The van der Waals surface area contributed by atoms with Gasteiger partial charge in [-0.2, -0.15) is 0 Å². The number of likely N-dealkylation sites (tertiary alicyclic amines) is 2. The maximum Gasteiger partial charge on any atom is 0.122 e. The van der Waals surface area contributed by atoms with E-state index < -0.39 is 0 Å². The third-order valence-electron chi connectivity index (χ3n) is 5.62. The molecular weight excluding hydrogens is 286 g/mol. The molecule has 0 aliphatic carbocycles. The summed E-state index contributed by atoms with van der Waals surface area (Å²) in [5, 5.41) is 0. The van der Waals surface area contributed by atoms with Gasteiger partial charge in [-0.1, -0.05) is 0 Å². The summed E-state index contributed by atoms with van der Waals surface area (Å²) in [5.74, 6) is 2.00. The molecule has 0 aromatic carbocycles. The molecule has 3 atom stereocenters. The zero-order valence-electron chi connectivity index (χ0n) is 15.4. The fourth-order valence-electron chi connectivity index (χ4n) is 4.75. The molecule has 23 heavy (non-hydrogen) atoms. The highest BCUT2D eigenvalue weighted by atomic mass is 15.3. The van der Waals surface area contributed by atoms with Crippen molar-refractivity contribution in [2.24, 2.45) is 13.0 Å². The van der Waals surface area contributed by atoms with Gasteiger partial charge in [0.1, 0.15) is 5.82 Å². The van der Waals surface area contributed by atoms with Crippen LogP contribution in [-0.2, 0) is 13.6 Å². The number of aromatic nitrogens is 2. The van der Waals surface area contributed by atoms with Crippen molar-refractivity contribution in [3.05, 3.63) is 18.2 Å². The van der Waals surface area contributed by atoms with E-state index >= 15 is 0 Å². The Kier molecular flexibility index (Phi) is 5.09. The van der Waals surface area contributed by atoms with Crippen LogP contribution in [0.3, 0.4) is 0 Å². The Labute approximate surface area is 141 Å². The van der Waals surface area contributed by atoms with E-state index in [2.05, 4.69) is 59.2 Å². The van der Waals surface area contributed by atoms with Gasteiger partial charge in [-0.05, 0) is 46.7 Å². The van der Waals surface area contributed by atoms with Crippen molar-refractivity contribution in [2.75, 3.05) is 33.7 Å². The summed E-state index contributed by atoms with van der Waals surface area (Å²) >= 11 is 0. The van der Waals surface area contributed by atoms with Crippen molar-refractivity contribution in [3.8, 4) is 0 Å². The molecule has 2 saturated heterocycles. The molecule has 2 aliphatic rings. The van der Waals surface area contributed by atoms with E-state index in [1.807, 2.05) is 12.4 Å². The number of piperidine rings is 1. The van der Waals surface area contributed by atoms with Crippen LogP contribution in [0.5, 0.6) is 0 Å². The summed E-state index contributed by atoms with van der Waals surface area (Å²) in [6.45, 7) is 9.34. The Bertz CT molecular complexity index is 509. The number of fused-ring (bicyclic) bond motifs is 1. The Balaban J connectivity index is 1.65. The summed E-state index contributed by atoms with van der Waals surface area (Å²) in [4.78, 5) is 12.3. The molecule has 0 N–H and O–H groups in total. The molecule has 0 spiro atoms. The second-order valence-corrected chi connectivity index (χ2v) is 8.00. The highest BCUT2D eigenvalue weighted by Crippen LogP contribution is 2.37. The minimum absolute atomic E-state index is 0.649. The zero-order valence-corrected chi connectivity index (χ0v) is 15.4. The van der Waals surface area contributed by atoms with Gasteiger partial charge in [-0.25, -0.2) is 4.98 Å². The van der Waals surface area contributed by atoms with Crippen molar-refractivity contribution >= 4 is 0 Å². The molecule has 0 amide bonds. The van der Waals surface area contributed by atoms with E-state index in [9.17, 15) is 0 Å². The third kappa shape index (κ3) is 3.62. The van der Waals surface area contributed by atoms with Gasteiger partial charge in [0.25, 0.3) is 0 Å². The zero-order chi connectivity index (χ0) is 16.6. The normalized spacial score (nSPS) is 29.6. The van der Waals surface area contributed by atoms with Crippen LogP contribution in [0, 0.1) is 5.92 Å². The smallest absolute Gasteiger partial charge is 0.122 e. The van der Waals surface area contributed by atoms with Gasteiger partial charge in [0, 0.05) is 57.2 Å². The Morgan fingerprint density at radius 3 is 2.74 bits per heavy atom. The van der Waals surface area contributed by atoms with Gasteiger partial charge >= 0.3 is 0 Å². The average molecular weight is 319 g/mol. The molecule has 2 aliphatic heterocycles. The molecular formula is C18H33N5. The predicted octanol–water partition coefficient (Wildman–Crippen LogP) is 1.65. The van der Waals surface area contributed by atoms with Gasteiger partial charge in [0.15, 0.2) is 0 Å². The lowest BCUT2D eigenvalue weighted by Crippen LogP contribution is -2.50. The third-order valence-corrected chi connectivity index (χ3v) is 5.62. The molecule has 1 aromatic rings. The quantitative estimate of drug-likeness (QED) is 0.825. The average Bonchev–Trinajstić information content (AvgIpc) is 3.01. The fourth-order valence-corrected chi connectivity index (χ4v) is 4.75. The lowest BCUT2D eigenvalue weighted by molar-refractivity contribution is 0.0692. The van der Waals surface area contributed by atoms with Crippen LogP contribution in [0.25, 0.3) is 0 Å². The van der Waals surface area contributed by atoms with E-state index in [1.165, 1.54) is 38.3 Å². The van der Waals surface area contributed by atoms with Crippen LogP contribution < -0.4 is 0 Å². The molecule has 5 nitrogen and oxygen atoms in total. The highest BCUT2D eigenvalue weighted by molar-refractivity contribution is 5.01. The fraction of sp³-hybridized carbons (Fsp3) is 0.833. The standard InChI is InChI=1S/C18H33N5/c1-14(2)23-16(12-20(3)4)10-15-11-22(8-6-17(15)23)13-18-19-7-9-21(18)5/h7,9,14-17H,6,8,10-13H2,1-5H3/t15?,16-,17?/m0/s1. The minimum atomic E-state index is 0.649. The summed E-state index contributed by atoms with van der Waals surface area (Å²) in [6.07, 6.45) is 6.60. The van der Waals surface area contributed by atoms with E-state index in [0.717, 1.165) is 18.5 Å². The monoisotopic (exact) mass is 319 g/mol. The number of imidazole rings is 1.